The van der Waals surface area contributed by atoms with Gasteiger partial charge in [-0.25, -0.2) is 8.42 Å². The molecular weight excluding hydrogens is 280 g/mol. The van der Waals surface area contributed by atoms with Crippen LogP contribution in [0.25, 0.3) is 0 Å². The summed E-state index contributed by atoms with van der Waals surface area (Å²) in [5.41, 5.74) is -1.93. The van der Waals surface area contributed by atoms with E-state index in [1.54, 1.807) is 0 Å². The molecule has 0 atom stereocenters. The van der Waals surface area contributed by atoms with Crippen molar-refractivity contribution in [3.8, 4) is 0 Å². The number of nitro benzene ring substituents is 2. The molecule has 0 heterocycles. The molecule has 0 saturated carbocycles. The maximum absolute atomic E-state index is 10.7. The molecule has 17 heavy (non-hydrogen) atoms. The minimum atomic E-state index is -5.14. The second-order valence-electron chi connectivity index (χ2n) is 2.75. The SMILES string of the molecule is O=[N+]([O-])c1cc([N+](=O)[O-])c(Cl)c(S(=O)(=O)[O-])c1. The topological polar surface area (TPSA) is 143 Å². The van der Waals surface area contributed by atoms with Crippen molar-refractivity contribution in [2.24, 2.45) is 0 Å². The van der Waals surface area contributed by atoms with Crippen LogP contribution in [0.4, 0.5) is 11.4 Å². The number of hydrogen-bond donors (Lipinski definition) is 0. The van der Waals surface area contributed by atoms with Crippen LogP contribution >= 0.6 is 11.6 Å². The van der Waals surface area contributed by atoms with E-state index >= 15 is 0 Å². The Morgan fingerprint density at radius 3 is 2.00 bits per heavy atom. The Bertz CT molecular complexity index is 611. The van der Waals surface area contributed by atoms with Gasteiger partial charge in [-0.3, -0.25) is 20.2 Å². The van der Waals surface area contributed by atoms with E-state index in [-0.39, 0.29) is 0 Å². The normalized spacial score (nSPS) is 11.2. The monoisotopic (exact) mass is 281 g/mol. The molecule has 11 heteroatoms. The van der Waals surface area contributed by atoms with Crippen molar-refractivity contribution in [3.05, 3.63) is 37.4 Å². The minimum Gasteiger partial charge on any atom is -0.744 e. The lowest BCUT2D eigenvalue weighted by Crippen LogP contribution is -2.03. The zero-order valence-electron chi connectivity index (χ0n) is 7.69. The van der Waals surface area contributed by atoms with Crippen molar-refractivity contribution < 1.29 is 22.8 Å². The van der Waals surface area contributed by atoms with Crippen LogP contribution in [0, 0.1) is 20.2 Å². The molecule has 0 saturated heterocycles. The highest BCUT2D eigenvalue weighted by Gasteiger charge is 2.25. The van der Waals surface area contributed by atoms with Gasteiger partial charge in [-0.05, 0) is 0 Å². The average Bonchev–Trinajstić information content (AvgIpc) is 2.15. The summed E-state index contributed by atoms with van der Waals surface area (Å²) in [4.78, 5) is 17.5. The zero-order chi connectivity index (χ0) is 13.4. The van der Waals surface area contributed by atoms with Crippen molar-refractivity contribution in [2.45, 2.75) is 4.90 Å². The van der Waals surface area contributed by atoms with Gasteiger partial charge in [0, 0.05) is 6.07 Å². The van der Waals surface area contributed by atoms with Gasteiger partial charge in [0.1, 0.15) is 15.1 Å². The van der Waals surface area contributed by atoms with E-state index in [2.05, 4.69) is 0 Å². The lowest BCUT2D eigenvalue weighted by atomic mass is 10.3. The fourth-order valence-corrected chi connectivity index (χ4v) is 2.04. The van der Waals surface area contributed by atoms with E-state index in [0.717, 1.165) is 0 Å². The predicted molar refractivity (Wildman–Crippen MR) is 52.7 cm³/mol. The van der Waals surface area contributed by atoms with Crippen molar-refractivity contribution in [2.75, 3.05) is 0 Å². The van der Waals surface area contributed by atoms with Crippen LogP contribution in [0.2, 0.25) is 5.02 Å². The van der Waals surface area contributed by atoms with Gasteiger partial charge in [-0.15, -0.1) is 0 Å². The summed E-state index contributed by atoms with van der Waals surface area (Å²) in [7, 11) is -5.14. The fraction of sp³-hybridized carbons (Fsp3) is 0. The molecule has 1 aromatic rings. The first kappa shape index (κ1) is 13.3. The van der Waals surface area contributed by atoms with Crippen molar-refractivity contribution >= 4 is 33.1 Å². The standard InChI is InChI=1S/C6H3ClN2O7S/c7-6-4(9(12)13)1-3(8(10)11)2-5(6)17(14,15)16/h1-2H,(H,14,15,16)/p-1. The molecule has 0 spiro atoms. The van der Waals surface area contributed by atoms with Crippen LogP contribution < -0.4 is 0 Å². The van der Waals surface area contributed by atoms with E-state index in [9.17, 15) is 33.2 Å². The summed E-state index contributed by atoms with van der Waals surface area (Å²) in [6.45, 7) is 0. The highest BCUT2D eigenvalue weighted by atomic mass is 35.5. The number of rotatable bonds is 3. The maximum atomic E-state index is 10.7. The van der Waals surface area contributed by atoms with Crippen molar-refractivity contribution in [1.29, 1.82) is 0 Å². The van der Waals surface area contributed by atoms with Gasteiger partial charge in [0.05, 0.1) is 20.8 Å². The first-order valence-corrected chi connectivity index (χ1v) is 5.51. The Balaban J connectivity index is 3.73. The van der Waals surface area contributed by atoms with Gasteiger partial charge in [0.2, 0.25) is 0 Å². The predicted octanol–water partition coefficient (Wildman–Crippen LogP) is 1.06. The highest BCUT2D eigenvalue weighted by molar-refractivity contribution is 7.85. The van der Waals surface area contributed by atoms with Crippen LogP contribution in [0.15, 0.2) is 17.0 Å². The second-order valence-corrected chi connectivity index (χ2v) is 4.47. The van der Waals surface area contributed by atoms with Crippen LogP contribution in [0.1, 0.15) is 0 Å². The first-order chi connectivity index (χ1) is 7.64. The van der Waals surface area contributed by atoms with E-state index in [1.807, 2.05) is 0 Å². The fourth-order valence-electron chi connectivity index (χ4n) is 0.989. The van der Waals surface area contributed by atoms with Gasteiger partial charge < -0.3 is 4.55 Å². The lowest BCUT2D eigenvalue weighted by Gasteiger charge is -2.08. The Hall–Kier alpha value is -1.78. The van der Waals surface area contributed by atoms with Gasteiger partial charge in [0.25, 0.3) is 11.4 Å². The smallest absolute Gasteiger partial charge is 0.296 e. The summed E-state index contributed by atoms with van der Waals surface area (Å²) in [5.74, 6) is 0. The summed E-state index contributed by atoms with van der Waals surface area (Å²) in [6.07, 6.45) is 0. The van der Waals surface area contributed by atoms with Crippen LogP contribution in [-0.4, -0.2) is 22.8 Å². The third kappa shape index (κ3) is 2.67. The third-order valence-electron chi connectivity index (χ3n) is 1.68. The molecule has 0 aliphatic heterocycles. The number of nitrogens with zero attached hydrogens (tertiary/aromatic N) is 2. The average molecular weight is 282 g/mol. The van der Waals surface area contributed by atoms with Crippen molar-refractivity contribution in [3.63, 3.8) is 0 Å². The number of hydrogen-bond acceptors (Lipinski definition) is 7. The number of halogens is 1. The van der Waals surface area contributed by atoms with Gasteiger partial charge >= 0.3 is 0 Å². The molecule has 0 amide bonds. The Kier molecular flexibility index (Phi) is 3.31. The van der Waals surface area contributed by atoms with Crippen LogP contribution in [-0.2, 0) is 10.1 Å². The third-order valence-corrected chi connectivity index (χ3v) is 3.05. The van der Waals surface area contributed by atoms with Gasteiger partial charge in [-0.2, -0.15) is 0 Å². The lowest BCUT2D eigenvalue weighted by molar-refractivity contribution is -0.394. The molecule has 0 aliphatic carbocycles. The van der Waals surface area contributed by atoms with Crippen LogP contribution in [0.5, 0.6) is 0 Å². The summed E-state index contributed by atoms with van der Waals surface area (Å²) >= 11 is 5.32. The Labute approximate surface area is 98.7 Å². The second kappa shape index (κ2) is 4.24. The quantitative estimate of drug-likeness (QED) is 0.457. The molecule has 9 nitrogen and oxygen atoms in total. The summed E-state index contributed by atoms with van der Waals surface area (Å²) in [6, 6.07) is 0.842. The molecule has 0 radical (unpaired) electrons. The van der Waals surface area contributed by atoms with E-state index in [0.29, 0.717) is 12.1 Å². The number of benzene rings is 1. The van der Waals surface area contributed by atoms with E-state index < -0.39 is 41.3 Å². The minimum absolute atomic E-state index is 0.373. The zero-order valence-corrected chi connectivity index (χ0v) is 9.27. The maximum Gasteiger partial charge on any atom is 0.296 e. The first-order valence-electron chi connectivity index (χ1n) is 3.73. The molecule has 0 aromatic heterocycles. The number of non-ortho nitro benzene ring substituents is 1. The molecule has 1 aromatic carbocycles. The molecule has 0 N–H and O–H groups in total. The molecule has 0 fully saturated rings. The molecule has 0 bridgehead atoms. The number of nitro groups is 2. The molecular formula is C6H2ClN2O7S-. The molecule has 0 aliphatic rings. The molecule has 92 valence electrons. The van der Waals surface area contributed by atoms with Gasteiger partial charge in [0.15, 0.2) is 0 Å². The largest absolute Gasteiger partial charge is 0.744 e. The van der Waals surface area contributed by atoms with Crippen molar-refractivity contribution in [1.82, 2.24) is 0 Å². The Morgan fingerprint density at radius 1 is 1.12 bits per heavy atom. The summed E-state index contributed by atoms with van der Waals surface area (Å²) < 4.78 is 32.2. The van der Waals surface area contributed by atoms with E-state index in [4.69, 9.17) is 11.6 Å². The van der Waals surface area contributed by atoms with E-state index in [1.165, 1.54) is 0 Å². The summed E-state index contributed by atoms with van der Waals surface area (Å²) in [5, 5.41) is 19.9. The van der Waals surface area contributed by atoms with Gasteiger partial charge in [-0.1, -0.05) is 11.6 Å². The Morgan fingerprint density at radius 2 is 1.65 bits per heavy atom. The van der Waals surface area contributed by atoms with Crippen LogP contribution in [0.3, 0.4) is 0 Å². The molecule has 1 rings (SSSR count). The highest BCUT2D eigenvalue weighted by Crippen LogP contribution is 2.35. The molecule has 0 unspecified atom stereocenters.